The highest BCUT2D eigenvalue weighted by atomic mass is 35.5. The smallest absolute Gasteiger partial charge is 0.243 e. The van der Waals surface area contributed by atoms with Gasteiger partial charge in [-0.2, -0.15) is 0 Å². The molecule has 1 fully saturated rings. The first-order valence-electron chi connectivity index (χ1n) is 11.0. The molecule has 0 saturated heterocycles. The van der Waals surface area contributed by atoms with Gasteiger partial charge in [-0.05, 0) is 55.2 Å². The monoisotopic (exact) mass is 495 g/mol. The van der Waals surface area contributed by atoms with Gasteiger partial charge in [-0.1, -0.05) is 38.3 Å². The molecule has 1 aromatic heterocycles. The Morgan fingerprint density at radius 2 is 1.82 bits per heavy atom. The third-order valence-electron chi connectivity index (χ3n) is 5.70. The Morgan fingerprint density at radius 1 is 1.15 bits per heavy atom. The average Bonchev–Trinajstić information content (AvgIpc) is 3.46. The summed E-state index contributed by atoms with van der Waals surface area (Å²) in [5.41, 5.74) is 0. The van der Waals surface area contributed by atoms with E-state index in [9.17, 15) is 18.0 Å². The van der Waals surface area contributed by atoms with Crippen molar-refractivity contribution in [2.24, 2.45) is 5.92 Å². The van der Waals surface area contributed by atoms with Crippen LogP contribution >= 0.6 is 11.6 Å². The zero-order valence-electron chi connectivity index (χ0n) is 18.8. The van der Waals surface area contributed by atoms with Crippen molar-refractivity contribution in [2.75, 3.05) is 6.54 Å². The Morgan fingerprint density at radius 3 is 2.39 bits per heavy atom. The number of amides is 2. The molecular weight excluding hydrogens is 466 g/mol. The highest BCUT2D eigenvalue weighted by Gasteiger charge is 2.35. The zero-order chi connectivity index (χ0) is 24.0. The van der Waals surface area contributed by atoms with Gasteiger partial charge in [0.25, 0.3) is 0 Å². The molecule has 33 heavy (non-hydrogen) atoms. The first kappa shape index (κ1) is 25.3. The molecule has 1 aliphatic carbocycles. The van der Waals surface area contributed by atoms with Crippen molar-refractivity contribution in [3.05, 3.63) is 53.4 Å². The van der Waals surface area contributed by atoms with Crippen molar-refractivity contribution in [1.82, 2.24) is 14.9 Å². The van der Waals surface area contributed by atoms with Crippen LogP contribution in [0.2, 0.25) is 5.02 Å². The van der Waals surface area contributed by atoms with Gasteiger partial charge in [0.05, 0.1) is 24.2 Å². The Kier molecular flexibility index (Phi) is 8.56. The summed E-state index contributed by atoms with van der Waals surface area (Å²) < 4.78 is 33.0. The van der Waals surface area contributed by atoms with Gasteiger partial charge in [-0.15, -0.1) is 0 Å². The number of hydrogen-bond acceptors (Lipinski definition) is 5. The molecule has 1 heterocycles. The van der Waals surface area contributed by atoms with Crippen molar-refractivity contribution >= 4 is 33.4 Å². The first-order chi connectivity index (χ1) is 15.7. The van der Waals surface area contributed by atoms with E-state index in [1.54, 1.807) is 12.1 Å². The number of hydrogen-bond donors (Lipinski definition) is 2. The fraction of sp³-hybridized carbons (Fsp3) is 0.478. The molecule has 0 unspecified atom stereocenters. The zero-order valence-corrected chi connectivity index (χ0v) is 20.4. The van der Waals surface area contributed by atoms with Gasteiger partial charge in [0.15, 0.2) is 0 Å². The fourth-order valence-electron chi connectivity index (χ4n) is 4.03. The number of benzene rings is 1. The second-order valence-corrected chi connectivity index (χ2v) is 10.8. The number of carbonyl (C=O) groups is 2. The summed E-state index contributed by atoms with van der Waals surface area (Å²) in [6.07, 6.45) is 5.47. The Balaban J connectivity index is 1.78. The summed E-state index contributed by atoms with van der Waals surface area (Å²) in [6.45, 7) is 3.28. The standard InChI is InChI=1S/C23H30ClN3O5S/c1-16(2)22(23(29)26-18-6-3-4-7-18)27(15-19-8-5-13-32-19)21(28)14-25-33(30,31)20-11-9-17(24)10-12-20/h5,8-13,16,18,22,25H,3-4,6-7,14-15H2,1-2H3,(H,26,29)/t22-/m0/s1. The minimum Gasteiger partial charge on any atom is -0.467 e. The fourth-order valence-corrected chi connectivity index (χ4v) is 5.13. The molecule has 8 nitrogen and oxygen atoms in total. The molecule has 0 radical (unpaired) electrons. The van der Waals surface area contributed by atoms with Crippen LogP contribution in [0.1, 0.15) is 45.3 Å². The molecule has 1 aromatic carbocycles. The largest absolute Gasteiger partial charge is 0.467 e. The van der Waals surface area contributed by atoms with Gasteiger partial charge >= 0.3 is 0 Å². The van der Waals surface area contributed by atoms with Crippen LogP contribution < -0.4 is 10.0 Å². The van der Waals surface area contributed by atoms with Crippen LogP contribution in [0.15, 0.2) is 52.0 Å². The van der Waals surface area contributed by atoms with E-state index in [1.165, 1.54) is 35.4 Å². The molecule has 0 bridgehead atoms. The molecule has 1 saturated carbocycles. The number of furan rings is 1. The van der Waals surface area contributed by atoms with Gasteiger partial charge < -0.3 is 14.6 Å². The van der Waals surface area contributed by atoms with Crippen molar-refractivity contribution in [1.29, 1.82) is 0 Å². The lowest BCUT2D eigenvalue weighted by atomic mass is 10.00. The molecule has 3 rings (SSSR count). The van der Waals surface area contributed by atoms with E-state index < -0.39 is 28.5 Å². The molecule has 2 N–H and O–H groups in total. The van der Waals surface area contributed by atoms with Gasteiger partial charge in [-0.25, -0.2) is 13.1 Å². The quantitative estimate of drug-likeness (QED) is 0.525. The number of nitrogens with zero attached hydrogens (tertiary/aromatic N) is 1. The predicted octanol–water partition coefficient (Wildman–Crippen LogP) is 3.32. The summed E-state index contributed by atoms with van der Waals surface area (Å²) in [5, 5.41) is 3.47. The number of halogens is 1. The number of rotatable bonds is 10. The van der Waals surface area contributed by atoms with E-state index in [2.05, 4.69) is 10.0 Å². The molecule has 2 amide bonds. The summed E-state index contributed by atoms with van der Waals surface area (Å²) in [6, 6.07) is 8.39. The SMILES string of the molecule is CC(C)[C@@H](C(=O)NC1CCCC1)N(Cc1ccco1)C(=O)CNS(=O)(=O)c1ccc(Cl)cc1. The maximum atomic E-state index is 13.2. The molecular formula is C23H30ClN3O5S. The van der Waals surface area contributed by atoms with Crippen LogP contribution in [-0.4, -0.2) is 43.8 Å². The molecule has 0 spiro atoms. The lowest BCUT2D eigenvalue weighted by molar-refractivity contribution is -0.142. The van der Waals surface area contributed by atoms with Crippen LogP contribution in [0, 0.1) is 5.92 Å². The Labute approximate surface area is 199 Å². The third kappa shape index (κ3) is 6.82. The van der Waals surface area contributed by atoms with Crippen molar-refractivity contribution in [2.45, 2.75) is 63.1 Å². The summed E-state index contributed by atoms with van der Waals surface area (Å²) in [5.74, 6) is -0.456. The Hall–Kier alpha value is -2.36. The van der Waals surface area contributed by atoms with E-state index in [0.717, 1.165) is 25.7 Å². The van der Waals surface area contributed by atoms with Gasteiger partial charge in [-0.3, -0.25) is 9.59 Å². The third-order valence-corrected chi connectivity index (χ3v) is 7.37. The van der Waals surface area contributed by atoms with Crippen LogP contribution in [0.5, 0.6) is 0 Å². The van der Waals surface area contributed by atoms with E-state index in [0.29, 0.717) is 10.8 Å². The number of carbonyl (C=O) groups excluding carboxylic acids is 2. The number of sulfonamides is 1. The normalized spacial score (nSPS) is 15.5. The van der Waals surface area contributed by atoms with Crippen molar-refractivity contribution < 1.29 is 22.4 Å². The summed E-state index contributed by atoms with van der Waals surface area (Å²) >= 11 is 5.83. The molecule has 0 aliphatic heterocycles. The topological polar surface area (TPSA) is 109 Å². The first-order valence-corrected chi connectivity index (χ1v) is 12.9. The van der Waals surface area contributed by atoms with Crippen LogP contribution in [0.3, 0.4) is 0 Å². The van der Waals surface area contributed by atoms with Crippen LogP contribution in [0.4, 0.5) is 0 Å². The minimum atomic E-state index is -3.93. The highest BCUT2D eigenvalue weighted by Crippen LogP contribution is 2.21. The van der Waals surface area contributed by atoms with E-state index >= 15 is 0 Å². The average molecular weight is 496 g/mol. The second-order valence-electron chi connectivity index (χ2n) is 8.56. The molecule has 1 aliphatic rings. The van der Waals surface area contributed by atoms with E-state index in [1.807, 2.05) is 13.8 Å². The molecule has 1 atom stereocenters. The summed E-state index contributed by atoms with van der Waals surface area (Å²) in [4.78, 5) is 27.8. The molecule has 10 heteroatoms. The second kappa shape index (κ2) is 11.2. The highest BCUT2D eigenvalue weighted by molar-refractivity contribution is 7.89. The van der Waals surface area contributed by atoms with E-state index in [-0.39, 0.29) is 29.3 Å². The van der Waals surface area contributed by atoms with Crippen LogP contribution in [0.25, 0.3) is 0 Å². The number of nitrogens with one attached hydrogen (secondary N) is 2. The maximum absolute atomic E-state index is 13.2. The molecule has 180 valence electrons. The predicted molar refractivity (Wildman–Crippen MR) is 125 cm³/mol. The Bertz CT molecular complexity index is 1030. The van der Waals surface area contributed by atoms with E-state index in [4.69, 9.17) is 16.0 Å². The van der Waals surface area contributed by atoms with Crippen molar-refractivity contribution in [3.63, 3.8) is 0 Å². The molecule has 2 aromatic rings. The van der Waals surface area contributed by atoms with Gasteiger partial charge in [0, 0.05) is 11.1 Å². The van der Waals surface area contributed by atoms with Crippen molar-refractivity contribution in [3.8, 4) is 0 Å². The summed E-state index contributed by atoms with van der Waals surface area (Å²) in [7, 11) is -3.93. The lowest BCUT2D eigenvalue weighted by Gasteiger charge is -2.34. The maximum Gasteiger partial charge on any atom is 0.243 e. The minimum absolute atomic E-state index is 0.00308. The van der Waals surface area contributed by atoms with Gasteiger partial charge in [0.1, 0.15) is 11.8 Å². The van der Waals surface area contributed by atoms with Gasteiger partial charge in [0.2, 0.25) is 21.8 Å². The van der Waals surface area contributed by atoms with Crippen LogP contribution in [-0.2, 0) is 26.2 Å². The lowest BCUT2D eigenvalue weighted by Crippen LogP contribution is -2.55.